The molecule has 1 fully saturated rings. The van der Waals surface area contributed by atoms with Crippen LogP contribution in [-0.4, -0.2) is 16.5 Å². The van der Waals surface area contributed by atoms with E-state index in [1.807, 2.05) is 0 Å². The number of Topliss-reactive ketones (excluding diaryl/α,β-unsaturated/α-hetero) is 1. The maximum absolute atomic E-state index is 13.5. The Morgan fingerprint density at radius 1 is 1.18 bits per heavy atom. The molecule has 2 nitrogen and oxygen atoms in total. The van der Waals surface area contributed by atoms with Crippen LogP contribution in [0.2, 0.25) is 0 Å². The minimum absolute atomic E-state index is 0.321. The van der Waals surface area contributed by atoms with Gasteiger partial charge in [-0.3, -0.25) is 4.79 Å². The summed E-state index contributed by atoms with van der Waals surface area (Å²) < 4.78 is 26.5. The van der Waals surface area contributed by atoms with E-state index in [1.54, 1.807) is 0 Å². The van der Waals surface area contributed by atoms with Crippen molar-refractivity contribution in [2.24, 2.45) is 0 Å². The first-order chi connectivity index (χ1) is 8.04. The third kappa shape index (κ3) is 2.22. The SMILES string of the molecule is O=C(c1cccc(F)c1F)C1(O)CCCCC1. The van der Waals surface area contributed by atoms with Gasteiger partial charge < -0.3 is 5.11 Å². The highest BCUT2D eigenvalue weighted by Gasteiger charge is 2.38. The number of carbonyl (C=O) groups excluding carboxylic acids is 1. The Kier molecular flexibility index (Phi) is 3.24. The van der Waals surface area contributed by atoms with E-state index in [4.69, 9.17) is 0 Å². The second-order valence-corrected chi connectivity index (χ2v) is 4.52. The van der Waals surface area contributed by atoms with E-state index < -0.39 is 23.0 Å². The molecule has 0 amide bonds. The Morgan fingerprint density at radius 3 is 2.47 bits per heavy atom. The van der Waals surface area contributed by atoms with E-state index in [1.165, 1.54) is 12.1 Å². The van der Waals surface area contributed by atoms with Gasteiger partial charge >= 0.3 is 0 Å². The van der Waals surface area contributed by atoms with E-state index in [-0.39, 0.29) is 5.56 Å². The van der Waals surface area contributed by atoms with Crippen molar-refractivity contribution < 1.29 is 18.7 Å². The normalized spacial score (nSPS) is 19.0. The number of aliphatic hydroxyl groups is 1. The van der Waals surface area contributed by atoms with E-state index in [9.17, 15) is 18.7 Å². The van der Waals surface area contributed by atoms with E-state index in [0.717, 1.165) is 25.3 Å². The second kappa shape index (κ2) is 4.53. The fourth-order valence-corrected chi connectivity index (χ4v) is 2.29. The van der Waals surface area contributed by atoms with Crippen LogP contribution in [0.3, 0.4) is 0 Å². The van der Waals surface area contributed by atoms with Crippen LogP contribution in [-0.2, 0) is 0 Å². The van der Waals surface area contributed by atoms with Crippen molar-refractivity contribution in [2.75, 3.05) is 0 Å². The van der Waals surface area contributed by atoms with Crippen molar-refractivity contribution in [3.05, 3.63) is 35.4 Å². The van der Waals surface area contributed by atoms with E-state index in [0.29, 0.717) is 12.8 Å². The highest BCUT2D eigenvalue weighted by Crippen LogP contribution is 2.32. The highest BCUT2D eigenvalue weighted by molar-refractivity contribution is 6.02. The Balaban J connectivity index is 2.33. The first-order valence-electron chi connectivity index (χ1n) is 5.76. The molecule has 0 unspecified atom stereocenters. The van der Waals surface area contributed by atoms with Gasteiger partial charge in [0.2, 0.25) is 0 Å². The summed E-state index contributed by atoms with van der Waals surface area (Å²) in [6.45, 7) is 0. The fraction of sp³-hybridized carbons (Fsp3) is 0.462. The Hall–Kier alpha value is -1.29. The molecule has 1 aromatic rings. The van der Waals surface area contributed by atoms with Crippen molar-refractivity contribution in [2.45, 2.75) is 37.7 Å². The third-order valence-corrected chi connectivity index (χ3v) is 3.30. The van der Waals surface area contributed by atoms with Crippen LogP contribution in [0.25, 0.3) is 0 Å². The summed E-state index contributed by atoms with van der Waals surface area (Å²) in [5.41, 5.74) is -1.87. The zero-order chi connectivity index (χ0) is 12.5. The lowest BCUT2D eigenvalue weighted by molar-refractivity contribution is 0.0112. The molecule has 92 valence electrons. The number of ketones is 1. The summed E-state index contributed by atoms with van der Waals surface area (Å²) in [7, 11) is 0. The summed E-state index contributed by atoms with van der Waals surface area (Å²) in [6, 6.07) is 3.45. The zero-order valence-electron chi connectivity index (χ0n) is 9.38. The van der Waals surface area contributed by atoms with Gasteiger partial charge in [0.05, 0.1) is 5.56 Å². The van der Waals surface area contributed by atoms with Gasteiger partial charge in [-0.05, 0) is 25.0 Å². The number of rotatable bonds is 2. The lowest BCUT2D eigenvalue weighted by Crippen LogP contribution is -2.41. The van der Waals surface area contributed by atoms with Crippen LogP contribution < -0.4 is 0 Å². The van der Waals surface area contributed by atoms with Crippen molar-refractivity contribution >= 4 is 5.78 Å². The van der Waals surface area contributed by atoms with Crippen LogP contribution in [0.5, 0.6) is 0 Å². The highest BCUT2D eigenvalue weighted by atomic mass is 19.2. The largest absolute Gasteiger partial charge is 0.382 e. The average Bonchev–Trinajstić information content (AvgIpc) is 2.33. The molecule has 0 radical (unpaired) electrons. The molecule has 2 rings (SSSR count). The second-order valence-electron chi connectivity index (χ2n) is 4.52. The Morgan fingerprint density at radius 2 is 1.82 bits per heavy atom. The minimum Gasteiger partial charge on any atom is -0.382 e. The molecule has 0 saturated heterocycles. The molecule has 1 N–H and O–H groups in total. The lowest BCUT2D eigenvalue weighted by Gasteiger charge is -2.30. The number of hydrogen-bond donors (Lipinski definition) is 1. The standard InChI is InChI=1S/C13H14F2O2/c14-10-6-4-5-9(11(10)15)12(16)13(17)7-2-1-3-8-13/h4-6,17H,1-3,7-8H2. The van der Waals surface area contributed by atoms with Crippen molar-refractivity contribution in [3.8, 4) is 0 Å². The smallest absolute Gasteiger partial charge is 0.197 e. The molecule has 1 saturated carbocycles. The first-order valence-corrected chi connectivity index (χ1v) is 5.76. The third-order valence-electron chi connectivity index (χ3n) is 3.30. The van der Waals surface area contributed by atoms with Crippen molar-refractivity contribution in [3.63, 3.8) is 0 Å². The minimum atomic E-state index is -1.52. The molecular formula is C13H14F2O2. The molecule has 0 aliphatic heterocycles. The molecule has 4 heteroatoms. The molecule has 1 aliphatic carbocycles. The van der Waals surface area contributed by atoms with Crippen LogP contribution in [0.15, 0.2) is 18.2 Å². The summed E-state index contributed by atoms with van der Waals surface area (Å²) in [5, 5.41) is 10.2. The van der Waals surface area contributed by atoms with Gasteiger partial charge in [-0.25, -0.2) is 8.78 Å². The molecule has 0 heterocycles. The lowest BCUT2D eigenvalue weighted by atomic mass is 9.79. The van der Waals surface area contributed by atoms with Crippen molar-refractivity contribution in [1.29, 1.82) is 0 Å². The Bertz CT molecular complexity index is 437. The van der Waals surface area contributed by atoms with Gasteiger partial charge in [0.1, 0.15) is 5.60 Å². The molecule has 17 heavy (non-hydrogen) atoms. The topological polar surface area (TPSA) is 37.3 Å². The first kappa shape index (κ1) is 12.2. The Labute approximate surface area is 98.3 Å². The van der Waals surface area contributed by atoms with Gasteiger partial charge in [-0.1, -0.05) is 25.3 Å². The van der Waals surface area contributed by atoms with Crippen LogP contribution in [0, 0.1) is 11.6 Å². The summed E-state index contributed by atoms with van der Waals surface area (Å²) >= 11 is 0. The zero-order valence-corrected chi connectivity index (χ0v) is 9.38. The summed E-state index contributed by atoms with van der Waals surface area (Å²) in [4.78, 5) is 12.0. The molecular weight excluding hydrogens is 226 g/mol. The molecule has 0 aromatic heterocycles. The molecule has 1 aromatic carbocycles. The van der Waals surface area contributed by atoms with Gasteiger partial charge in [-0.2, -0.15) is 0 Å². The maximum Gasteiger partial charge on any atom is 0.197 e. The molecule has 1 aliphatic rings. The predicted octanol–water partition coefficient (Wildman–Crippen LogP) is 2.84. The van der Waals surface area contributed by atoms with Gasteiger partial charge in [0.25, 0.3) is 0 Å². The monoisotopic (exact) mass is 240 g/mol. The average molecular weight is 240 g/mol. The molecule has 0 spiro atoms. The van der Waals surface area contributed by atoms with E-state index >= 15 is 0 Å². The predicted molar refractivity (Wildman–Crippen MR) is 58.7 cm³/mol. The van der Waals surface area contributed by atoms with E-state index in [2.05, 4.69) is 0 Å². The summed E-state index contributed by atoms with van der Waals surface area (Å²) in [5.74, 6) is -2.93. The number of carbonyl (C=O) groups is 1. The van der Waals surface area contributed by atoms with Gasteiger partial charge in [0.15, 0.2) is 17.4 Å². The number of halogens is 2. The van der Waals surface area contributed by atoms with Gasteiger partial charge in [0, 0.05) is 0 Å². The maximum atomic E-state index is 13.5. The number of benzene rings is 1. The van der Waals surface area contributed by atoms with Crippen LogP contribution in [0.4, 0.5) is 8.78 Å². The molecule has 0 bridgehead atoms. The molecule has 0 atom stereocenters. The van der Waals surface area contributed by atoms with Crippen LogP contribution in [0.1, 0.15) is 42.5 Å². The van der Waals surface area contributed by atoms with Gasteiger partial charge in [-0.15, -0.1) is 0 Å². The quantitative estimate of drug-likeness (QED) is 0.807. The van der Waals surface area contributed by atoms with Crippen molar-refractivity contribution in [1.82, 2.24) is 0 Å². The van der Waals surface area contributed by atoms with Crippen LogP contribution >= 0.6 is 0 Å². The number of hydrogen-bond acceptors (Lipinski definition) is 2. The summed E-state index contributed by atoms with van der Waals surface area (Å²) in [6.07, 6.45) is 3.07. The fourth-order valence-electron chi connectivity index (χ4n) is 2.29.